The van der Waals surface area contributed by atoms with Gasteiger partial charge in [0.25, 0.3) is 12.9 Å². The number of hydrogen-bond acceptors (Lipinski definition) is 20. The van der Waals surface area contributed by atoms with E-state index in [0.29, 0.717) is 82.1 Å². The summed E-state index contributed by atoms with van der Waals surface area (Å²) in [5.74, 6) is 2.64. The van der Waals surface area contributed by atoms with E-state index in [1.54, 1.807) is 19.0 Å². The first kappa shape index (κ1) is 53.5. The van der Waals surface area contributed by atoms with Crippen molar-refractivity contribution in [1.29, 1.82) is 0 Å². The Morgan fingerprint density at radius 3 is 1.70 bits per heavy atom. The maximum atomic E-state index is 13.7. The van der Waals surface area contributed by atoms with Crippen LogP contribution in [0.15, 0.2) is 29.5 Å². The summed E-state index contributed by atoms with van der Waals surface area (Å²) in [6, 6.07) is 3.28. The summed E-state index contributed by atoms with van der Waals surface area (Å²) in [6.07, 6.45) is 1.18. The minimum Gasteiger partial charge on any atom is -0.399 e. The van der Waals surface area contributed by atoms with Crippen LogP contribution >= 0.6 is 11.6 Å². The van der Waals surface area contributed by atoms with Gasteiger partial charge in [-0.1, -0.05) is 0 Å². The molecule has 74 heavy (non-hydrogen) atoms. The van der Waals surface area contributed by atoms with Gasteiger partial charge in [-0.05, 0) is 78.1 Å². The Labute approximate surface area is 432 Å². The summed E-state index contributed by atoms with van der Waals surface area (Å²) >= 11 is 6.12. The molecule has 0 spiro atoms. The van der Waals surface area contributed by atoms with E-state index in [0.717, 1.165) is 32.5 Å². The average Bonchev–Trinajstić information content (AvgIpc) is 4.23. The Morgan fingerprint density at radius 2 is 1.23 bits per heavy atom. The number of pyridine rings is 2. The van der Waals surface area contributed by atoms with E-state index in [1.807, 2.05) is 39.5 Å². The second-order valence-electron chi connectivity index (χ2n) is 20.5. The highest BCUT2D eigenvalue weighted by molar-refractivity contribution is 6.62. The Balaban J connectivity index is 0.000000139. The molecule has 6 atom stereocenters. The minimum absolute atomic E-state index is 0.0272. The molecule has 21 nitrogen and oxygen atoms in total. The lowest BCUT2D eigenvalue weighted by Gasteiger charge is -2.34. The molecule has 4 aromatic heterocycles. The minimum atomic E-state index is -2.73. The SMILES string of the molecule is CN(C)C=Nc1cc(C(F)F)c(B2OC(C)(C)C(C)(C)O2)cn1.C[C@@H]1COCCN1c1nc(-c2cnc(N)cc2C(F)F)nc(N2C[C@@H]3C[C@H]2CO3)n1.C[C@@H]1COCCN1c1nc(Cl)nc(N2C[C@@H]3C[C@H]2CO3)n1. The first-order valence-electron chi connectivity index (χ1n) is 24.7. The van der Waals surface area contributed by atoms with Gasteiger partial charge in [0.1, 0.15) is 5.82 Å². The zero-order valence-electron chi connectivity index (χ0n) is 42.7. The molecule has 27 heteroatoms. The van der Waals surface area contributed by atoms with Gasteiger partial charge in [0.15, 0.2) is 11.6 Å². The molecule has 2 N–H and O–H groups in total. The van der Waals surface area contributed by atoms with Crippen molar-refractivity contribution in [2.24, 2.45) is 4.99 Å². The van der Waals surface area contributed by atoms with Crippen molar-refractivity contribution in [3.8, 4) is 11.4 Å². The van der Waals surface area contributed by atoms with Crippen molar-refractivity contribution in [3.05, 3.63) is 40.9 Å². The van der Waals surface area contributed by atoms with Gasteiger partial charge in [0.2, 0.25) is 29.1 Å². The number of anilines is 5. The van der Waals surface area contributed by atoms with E-state index >= 15 is 0 Å². The Morgan fingerprint density at radius 1 is 0.716 bits per heavy atom. The molecule has 0 aromatic carbocycles. The third-order valence-electron chi connectivity index (χ3n) is 14.3. The quantitative estimate of drug-likeness (QED) is 0.0966. The van der Waals surface area contributed by atoms with Crippen LogP contribution in [0, 0.1) is 0 Å². The van der Waals surface area contributed by atoms with Crippen molar-refractivity contribution in [1.82, 2.24) is 44.8 Å². The molecule has 11 heterocycles. The van der Waals surface area contributed by atoms with Crippen molar-refractivity contribution >= 4 is 65.9 Å². The molecule has 7 saturated heterocycles. The number of aromatic nitrogens is 8. The molecule has 7 aliphatic heterocycles. The lowest BCUT2D eigenvalue weighted by Crippen LogP contribution is -2.45. The van der Waals surface area contributed by atoms with E-state index < -0.39 is 31.2 Å². The van der Waals surface area contributed by atoms with Crippen LogP contribution in [0.1, 0.15) is 78.4 Å². The number of halogens is 5. The fraction of sp³-hybridized carbons (Fsp3) is 0.638. The largest absolute Gasteiger partial charge is 0.496 e. The van der Waals surface area contributed by atoms with Gasteiger partial charge < -0.3 is 58.5 Å². The number of hydrogen-bond donors (Lipinski definition) is 1. The van der Waals surface area contributed by atoms with Gasteiger partial charge >= 0.3 is 7.12 Å². The first-order chi connectivity index (χ1) is 35.2. The Kier molecular flexibility index (Phi) is 15.9. The van der Waals surface area contributed by atoms with Crippen LogP contribution in [0.3, 0.4) is 0 Å². The van der Waals surface area contributed by atoms with Gasteiger partial charge in [0.05, 0.1) is 93.6 Å². The molecule has 0 unspecified atom stereocenters. The Bertz CT molecular complexity index is 2600. The molecule has 0 amide bonds. The standard InChI is InChI=1S/C19H23F2N7O2.C15H22BF2N3O2.C13H18ClN5O2/c1-10-8-29-3-2-27(10)18-24-17(14-6-23-15(22)5-13(14)16(20)21)25-19(26-18)28-7-12-4-11(28)9-30-12;1-14(2)15(3,4)23-16(22-14)11-8-19-12(20-9-21(5)6)7-10(11)13(17)18;1-8-6-20-3-2-18(8)12-15-11(14)16-13(17-12)19-5-10-4-9(19)7-21-10/h5-6,10-12,16H,2-4,7-9H2,1H3,(H2,22,23);7-9,13H,1-6H3;8-10H,2-7H2,1H3/t10-,11+,12+;;8-,9+,10+/m1.1/s1. The molecule has 11 rings (SSSR count). The summed E-state index contributed by atoms with van der Waals surface area (Å²) in [5, 5.41) is 0.248. The highest BCUT2D eigenvalue weighted by Gasteiger charge is 2.53. The molecule has 7 fully saturated rings. The zero-order valence-corrected chi connectivity index (χ0v) is 43.5. The molecular formula is C47H63BClF4N15O6. The van der Waals surface area contributed by atoms with Gasteiger partial charge in [-0.25, -0.2) is 32.5 Å². The maximum absolute atomic E-state index is 13.7. The fourth-order valence-electron chi connectivity index (χ4n) is 9.58. The average molecular weight is 1060 g/mol. The second kappa shape index (κ2) is 22.1. The monoisotopic (exact) mass is 1060 g/mol. The summed E-state index contributed by atoms with van der Waals surface area (Å²) in [7, 11) is 2.70. The van der Waals surface area contributed by atoms with Gasteiger partial charge in [-0.15, -0.1) is 0 Å². The van der Waals surface area contributed by atoms with E-state index in [9.17, 15) is 17.6 Å². The molecule has 7 aliphatic rings. The number of ether oxygens (including phenoxy) is 4. The van der Waals surface area contributed by atoms with E-state index in [-0.39, 0.29) is 69.1 Å². The molecule has 0 radical (unpaired) electrons. The Hall–Kier alpha value is -5.38. The van der Waals surface area contributed by atoms with Crippen molar-refractivity contribution in [2.45, 2.75) is 115 Å². The van der Waals surface area contributed by atoms with Crippen LogP contribution in [-0.2, 0) is 28.3 Å². The fourth-order valence-corrected chi connectivity index (χ4v) is 9.73. The molecule has 4 bridgehead atoms. The molecular weight excluding hydrogens is 993 g/mol. The summed E-state index contributed by atoms with van der Waals surface area (Å²) in [6.45, 7) is 18.3. The smallest absolute Gasteiger partial charge is 0.399 e. The highest BCUT2D eigenvalue weighted by Crippen LogP contribution is 2.39. The third-order valence-corrected chi connectivity index (χ3v) is 14.5. The number of nitrogens with zero attached hydrogens (tertiary/aromatic N) is 14. The molecule has 400 valence electrons. The van der Waals surface area contributed by atoms with Crippen molar-refractivity contribution in [2.75, 3.05) is 105 Å². The predicted molar refractivity (Wildman–Crippen MR) is 270 cm³/mol. The number of fused-ring (bicyclic) bond motifs is 4. The van der Waals surface area contributed by atoms with Crippen molar-refractivity contribution < 1.29 is 45.8 Å². The first-order valence-corrected chi connectivity index (χ1v) is 25.1. The maximum Gasteiger partial charge on any atom is 0.496 e. The van der Waals surface area contributed by atoms with Crippen molar-refractivity contribution in [3.63, 3.8) is 0 Å². The van der Waals surface area contributed by atoms with E-state index in [2.05, 4.69) is 61.5 Å². The van der Waals surface area contributed by atoms with Gasteiger partial charge in [-0.2, -0.15) is 29.9 Å². The molecule has 0 aliphatic carbocycles. The summed E-state index contributed by atoms with van der Waals surface area (Å²) in [5.41, 5.74) is 4.42. The van der Waals surface area contributed by atoms with Crippen LogP contribution in [-0.4, -0.2) is 186 Å². The lowest BCUT2D eigenvalue weighted by atomic mass is 9.77. The summed E-state index contributed by atoms with van der Waals surface area (Å²) in [4.78, 5) is 49.4. The van der Waals surface area contributed by atoms with Crippen LogP contribution in [0.4, 0.5) is 53.0 Å². The molecule has 4 aromatic rings. The van der Waals surface area contributed by atoms with Gasteiger partial charge in [0, 0.05) is 74.8 Å². The normalized spacial score (nSPS) is 25.8. The molecule has 0 saturated carbocycles. The van der Waals surface area contributed by atoms with Crippen LogP contribution in [0.5, 0.6) is 0 Å². The van der Waals surface area contributed by atoms with Crippen LogP contribution < -0.4 is 30.8 Å². The predicted octanol–water partition coefficient (Wildman–Crippen LogP) is 4.92. The number of nitrogen functional groups attached to an aromatic ring is 1. The number of rotatable bonds is 10. The van der Waals surface area contributed by atoms with Gasteiger partial charge in [-0.3, -0.25) is 0 Å². The number of nitrogens with two attached hydrogens (primary N) is 1. The third kappa shape index (κ3) is 11.7. The van der Waals surface area contributed by atoms with Crippen LogP contribution in [0.25, 0.3) is 11.4 Å². The van der Waals surface area contributed by atoms with Crippen LogP contribution in [0.2, 0.25) is 5.28 Å². The zero-order chi connectivity index (χ0) is 52.6. The topological polar surface area (TPSA) is 213 Å². The lowest BCUT2D eigenvalue weighted by molar-refractivity contribution is 0.00578. The second-order valence-corrected chi connectivity index (χ2v) is 20.8. The highest BCUT2D eigenvalue weighted by atomic mass is 35.5. The van der Waals surface area contributed by atoms with E-state index in [1.165, 1.54) is 30.9 Å². The number of aliphatic imine (C=N–C) groups is 1. The number of alkyl halides is 4. The number of morpholine rings is 4. The van der Waals surface area contributed by atoms with E-state index in [4.69, 9.17) is 50.6 Å². The summed E-state index contributed by atoms with van der Waals surface area (Å²) < 4.78 is 88.3.